The van der Waals surface area contributed by atoms with Crippen LogP contribution >= 0.6 is 0 Å². The van der Waals surface area contributed by atoms with Crippen LogP contribution < -0.4 is 4.90 Å². The Labute approximate surface area is 114 Å². The number of hydrogen-bond donors (Lipinski definition) is 1. The number of aryl methyl sites for hydroxylation is 1. The molecule has 1 aromatic carbocycles. The summed E-state index contributed by atoms with van der Waals surface area (Å²) in [5.74, 6) is -0.728. The highest BCUT2D eigenvalue weighted by Crippen LogP contribution is 2.34. The Bertz CT molecular complexity index is 464. The maximum atomic E-state index is 11.0. The second-order valence-corrected chi connectivity index (χ2v) is 5.77. The van der Waals surface area contributed by atoms with Crippen LogP contribution in [0, 0.1) is 5.92 Å². The van der Waals surface area contributed by atoms with Gasteiger partial charge in [0.05, 0.1) is 5.92 Å². The maximum absolute atomic E-state index is 11.0. The SMILES string of the molecule is O=C(O)C1CCC(N2CCCc3ccccc32)CC1. The molecule has 0 saturated heterocycles. The van der Waals surface area contributed by atoms with Crippen molar-refractivity contribution in [2.75, 3.05) is 11.4 Å². The van der Waals surface area contributed by atoms with Crippen molar-refractivity contribution in [3.05, 3.63) is 29.8 Å². The smallest absolute Gasteiger partial charge is 0.306 e. The van der Waals surface area contributed by atoms with Gasteiger partial charge in [-0.3, -0.25) is 4.79 Å². The van der Waals surface area contributed by atoms with Gasteiger partial charge < -0.3 is 10.0 Å². The van der Waals surface area contributed by atoms with Crippen molar-refractivity contribution < 1.29 is 9.90 Å². The Hall–Kier alpha value is -1.51. The highest BCUT2D eigenvalue weighted by atomic mass is 16.4. The van der Waals surface area contributed by atoms with Crippen LogP contribution in [0.3, 0.4) is 0 Å². The standard InChI is InChI=1S/C16H21NO2/c18-16(19)13-7-9-14(10-8-13)17-11-3-5-12-4-1-2-6-15(12)17/h1-2,4,6,13-14H,3,5,7-11H2,(H,18,19). The molecule has 1 fully saturated rings. The predicted molar refractivity (Wildman–Crippen MR) is 75.5 cm³/mol. The fourth-order valence-corrected chi connectivity index (χ4v) is 3.58. The van der Waals surface area contributed by atoms with Gasteiger partial charge in [-0.15, -0.1) is 0 Å². The van der Waals surface area contributed by atoms with Crippen molar-refractivity contribution in [3.8, 4) is 0 Å². The largest absolute Gasteiger partial charge is 0.481 e. The van der Waals surface area contributed by atoms with Crippen molar-refractivity contribution in [2.24, 2.45) is 5.92 Å². The van der Waals surface area contributed by atoms with Gasteiger partial charge in [0.15, 0.2) is 0 Å². The third-order valence-electron chi connectivity index (χ3n) is 4.63. The minimum absolute atomic E-state index is 0.115. The quantitative estimate of drug-likeness (QED) is 0.887. The molecule has 0 radical (unpaired) electrons. The summed E-state index contributed by atoms with van der Waals surface area (Å²) in [6.45, 7) is 1.12. The predicted octanol–water partition coefficient (Wildman–Crippen LogP) is 3.08. The molecule has 0 unspecified atom stereocenters. The monoisotopic (exact) mass is 259 g/mol. The number of carbonyl (C=O) groups is 1. The van der Waals surface area contributed by atoms with Crippen LogP contribution in [0.1, 0.15) is 37.7 Å². The molecule has 2 aliphatic rings. The number of carboxylic acid groups (broad SMARTS) is 1. The molecular formula is C16H21NO2. The van der Waals surface area contributed by atoms with E-state index in [0.29, 0.717) is 6.04 Å². The zero-order valence-electron chi connectivity index (χ0n) is 11.2. The summed E-state index contributed by atoms with van der Waals surface area (Å²) >= 11 is 0. The van der Waals surface area contributed by atoms with E-state index < -0.39 is 5.97 Å². The van der Waals surface area contributed by atoms with Gasteiger partial charge in [-0.25, -0.2) is 0 Å². The van der Waals surface area contributed by atoms with Gasteiger partial charge in [0.1, 0.15) is 0 Å². The van der Waals surface area contributed by atoms with E-state index in [-0.39, 0.29) is 5.92 Å². The number of aliphatic carboxylic acids is 1. The minimum atomic E-state index is -0.613. The summed E-state index contributed by atoms with van der Waals surface area (Å²) in [5, 5.41) is 9.08. The molecular weight excluding hydrogens is 238 g/mol. The number of nitrogens with zero attached hydrogens (tertiary/aromatic N) is 1. The van der Waals surface area contributed by atoms with Gasteiger partial charge in [0.25, 0.3) is 0 Å². The van der Waals surface area contributed by atoms with Gasteiger partial charge in [0, 0.05) is 18.3 Å². The molecule has 1 heterocycles. The number of benzene rings is 1. The van der Waals surface area contributed by atoms with Gasteiger partial charge >= 0.3 is 5.97 Å². The van der Waals surface area contributed by atoms with Crippen LogP contribution in [0.2, 0.25) is 0 Å². The summed E-state index contributed by atoms with van der Waals surface area (Å²) in [5.41, 5.74) is 2.83. The van der Waals surface area contributed by atoms with Gasteiger partial charge in [0.2, 0.25) is 0 Å². The molecule has 1 aliphatic carbocycles. The molecule has 1 aliphatic heterocycles. The lowest BCUT2D eigenvalue weighted by Crippen LogP contribution is -2.42. The second-order valence-electron chi connectivity index (χ2n) is 5.77. The van der Waals surface area contributed by atoms with E-state index in [2.05, 4.69) is 29.2 Å². The van der Waals surface area contributed by atoms with E-state index in [4.69, 9.17) is 5.11 Å². The van der Waals surface area contributed by atoms with Crippen molar-refractivity contribution in [1.29, 1.82) is 0 Å². The topological polar surface area (TPSA) is 40.5 Å². The number of hydrogen-bond acceptors (Lipinski definition) is 2. The Morgan fingerprint density at radius 1 is 1.16 bits per heavy atom. The van der Waals surface area contributed by atoms with E-state index in [1.165, 1.54) is 24.1 Å². The first-order valence-electron chi connectivity index (χ1n) is 7.33. The van der Waals surface area contributed by atoms with E-state index in [1.807, 2.05) is 0 Å². The zero-order valence-corrected chi connectivity index (χ0v) is 11.2. The van der Waals surface area contributed by atoms with Crippen LogP contribution in [0.25, 0.3) is 0 Å². The number of fused-ring (bicyclic) bond motifs is 1. The molecule has 0 aromatic heterocycles. The first-order valence-corrected chi connectivity index (χ1v) is 7.33. The Balaban J connectivity index is 1.73. The fourth-order valence-electron chi connectivity index (χ4n) is 3.58. The van der Waals surface area contributed by atoms with Crippen LogP contribution in [-0.4, -0.2) is 23.7 Å². The summed E-state index contributed by atoms with van der Waals surface area (Å²) in [6, 6.07) is 9.21. The highest BCUT2D eigenvalue weighted by Gasteiger charge is 2.30. The van der Waals surface area contributed by atoms with Crippen LogP contribution in [0.15, 0.2) is 24.3 Å². The molecule has 3 rings (SSSR count). The fraction of sp³-hybridized carbons (Fsp3) is 0.562. The molecule has 102 valence electrons. The van der Waals surface area contributed by atoms with E-state index in [1.54, 1.807) is 0 Å². The van der Waals surface area contributed by atoms with Crippen molar-refractivity contribution in [1.82, 2.24) is 0 Å². The molecule has 1 N–H and O–H groups in total. The summed E-state index contributed by atoms with van der Waals surface area (Å²) in [4.78, 5) is 13.5. The Morgan fingerprint density at radius 3 is 2.63 bits per heavy atom. The number of carboxylic acids is 1. The summed E-state index contributed by atoms with van der Waals surface area (Å²) in [7, 11) is 0. The lowest BCUT2D eigenvalue weighted by atomic mass is 9.84. The summed E-state index contributed by atoms with van der Waals surface area (Å²) < 4.78 is 0. The lowest BCUT2D eigenvalue weighted by Gasteiger charge is -2.40. The molecule has 3 heteroatoms. The first-order chi connectivity index (χ1) is 9.25. The normalized spacial score (nSPS) is 26.8. The molecule has 1 aromatic rings. The minimum Gasteiger partial charge on any atom is -0.481 e. The van der Waals surface area contributed by atoms with Crippen LogP contribution in [-0.2, 0) is 11.2 Å². The third-order valence-corrected chi connectivity index (χ3v) is 4.63. The van der Waals surface area contributed by atoms with E-state index >= 15 is 0 Å². The van der Waals surface area contributed by atoms with E-state index in [9.17, 15) is 4.79 Å². The molecule has 0 amide bonds. The maximum Gasteiger partial charge on any atom is 0.306 e. The molecule has 3 nitrogen and oxygen atoms in total. The number of anilines is 1. The summed E-state index contributed by atoms with van der Waals surface area (Å²) in [6.07, 6.45) is 6.10. The van der Waals surface area contributed by atoms with E-state index in [0.717, 1.165) is 32.2 Å². The van der Waals surface area contributed by atoms with Crippen molar-refractivity contribution in [3.63, 3.8) is 0 Å². The molecule has 0 spiro atoms. The Kier molecular flexibility index (Phi) is 3.45. The zero-order chi connectivity index (χ0) is 13.2. The van der Waals surface area contributed by atoms with Gasteiger partial charge in [-0.2, -0.15) is 0 Å². The van der Waals surface area contributed by atoms with Crippen molar-refractivity contribution >= 4 is 11.7 Å². The Morgan fingerprint density at radius 2 is 1.89 bits per heavy atom. The van der Waals surface area contributed by atoms with Crippen LogP contribution in [0.5, 0.6) is 0 Å². The van der Waals surface area contributed by atoms with Gasteiger partial charge in [-0.1, -0.05) is 18.2 Å². The molecule has 19 heavy (non-hydrogen) atoms. The van der Waals surface area contributed by atoms with Gasteiger partial charge in [-0.05, 0) is 50.2 Å². The second kappa shape index (κ2) is 5.24. The highest BCUT2D eigenvalue weighted by molar-refractivity contribution is 5.70. The molecule has 0 bridgehead atoms. The molecule has 0 atom stereocenters. The van der Waals surface area contributed by atoms with Crippen LogP contribution in [0.4, 0.5) is 5.69 Å². The van der Waals surface area contributed by atoms with Crippen molar-refractivity contribution in [2.45, 2.75) is 44.6 Å². The average Bonchev–Trinajstić information content (AvgIpc) is 2.47. The first kappa shape index (κ1) is 12.5. The lowest BCUT2D eigenvalue weighted by molar-refractivity contribution is -0.142. The average molecular weight is 259 g/mol. The molecule has 1 saturated carbocycles. The third kappa shape index (κ3) is 2.46. The number of rotatable bonds is 2. The number of para-hydroxylation sites is 1.